The summed E-state index contributed by atoms with van der Waals surface area (Å²) in [6.45, 7) is 8.03. The molecule has 2 aliphatic heterocycles. The Kier molecular flexibility index (Phi) is 4.65. The number of nitrogens with one attached hydrogen (secondary N) is 1. The van der Waals surface area contributed by atoms with E-state index in [1.807, 2.05) is 30.4 Å². The van der Waals surface area contributed by atoms with Gasteiger partial charge in [0.2, 0.25) is 0 Å². The molecular weight excluding hydrogens is 294 g/mol. The van der Waals surface area contributed by atoms with Crippen molar-refractivity contribution < 1.29 is 0 Å². The van der Waals surface area contributed by atoms with Gasteiger partial charge in [0.25, 0.3) is 0 Å². The van der Waals surface area contributed by atoms with Crippen LogP contribution in [0.4, 0.5) is 0 Å². The van der Waals surface area contributed by atoms with Crippen molar-refractivity contribution in [3.05, 3.63) is 72.4 Å². The van der Waals surface area contributed by atoms with Crippen LogP contribution in [0.1, 0.15) is 24.3 Å². The van der Waals surface area contributed by atoms with E-state index in [2.05, 4.69) is 42.7 Å². The third-order valence-corrected chi connectivity index (χ3v) is 5.39. The molecule has 0 aliphatic carbocycles. The summed E-state index contributed by atoms with van der Waals surface area (Å²) in [5, 5.41) is 22.7. The highest BCUT2D eigenvalue weighted by Gasteiger charge is 2.47. The van der Waals surface area contributed by atoms with Crippen molar-refractivity contribution in [1.82, 2.24) is 5.32 Å². The molecule has 0 radical (unpaired) electrons. The second kappa shape index (κ2) is 6.87. The second-order valence-corrected chi connectivity index (χ2v) is 6.47. The van der Waals surface area contributed by atoms with Crippen LogP contribution in [0, 0.1) is 34.5 Å². The Labute approximate surface area is 143 Å². The van der Waals surface area contributed by atoms with Crippen LogP contribution in [0.3, 0.4) is 0 Å². The molecule has 2 fully saturated rings. The highest BCUT2D eigenvalue weighted by Crippen LogP contribution is 2.47. The van der Waals surface area contributed by atoms with Crippen LogP contribution in [0.5, 0.6) is 0 Å². The molecule has 2 aliphatic rings. The Hall–Kier alpha value is -2.62. The summed E-state index contributed by atoms with van der Waals surface area (Å²) in [6.07, 6.45) is 5.93. The molecule has 2 saturated heterocycles. The fourth-order valence-corrected chi connectivity index (χ4v) is 4.41. The number of hydrogen-bond donors (Lipinski definition) is 1. The zero-order valence-corrected chi connectivity index (χ0v) is 13.7. The number of piperidine rings is 1. The summed E-state index contributed by atoms with van der Waals surface area (Å²) in [4.78, 5) is 0. The predicted molar refractivity (Wildman–Crippen MR) is 94.8 cm³/mol. The van der Waals surface area contributed by atoms with Gasteiger partial charge in [-0.05, 0) is 24.0 Å². The van der Waals surface area contributed by atoms with Gasteiger partial charge in [0.1, 0.15) is 17.7 Å². The van der Waals surface area contributed by atoms with Crippen molar-refractivity contribution in [2.24, 2.45) is 11.8 Å². The van der Waals surface area contributed by atoms with Gasteiger partial charge in [-0.25, -0.2) is 0 Å². The lowest BCUT2D eigenvalue weighted by molar-refractivity contribution is 0.307. The van der Waals surface area contributed by atoms with Crippen LogP contribution in [-0.2, 0) is 0 Å². The van der Waals surface area contributed by atoms with Gasteiger partial charge in [0.05, 0.1) is 0 Å². The SMILES string of the molecule is C=CC(c1ccccc1)[C@H]1C(=C(C#N)C#N)[C@@H](C=C)C2CCC1N2. The van der Waals surface area contributed by atoms with E-state index in [-0.39, 0.29) is 35.4 Å². The quantitative estimate of drug-likeness (QED) is 0.678. The fourth-order valence-electron chi connectivity index (χ4n) is 4.41. The van der Waals surface area contributed by atoms with Gasteiger partial charge >= 0.3 is 0 Å². The number of rotatable bonds is 4. The average molecular weight is 315 g/mol. The molecule has 1 aromatic rings. The van der Waals surface area contributed by atoms with E-state index in [1.54, 1.807) is 0 Å². The molecule has 3 rings (SSSR count). The van der Waals surface area contributed by atoms with Crippen LogP contribution in [0.25, 0.3) is 0 Å². The summed E-state index contributed by atoms with van der Waals surface area (Å²) in [5.74, 6) is 0.145. The maximum atomic E-state index is 9.52. The zero-order valence-electron chi connectivity index (χ0n) is 13.7. The van der Waals surface area contributed by atoms with Gasteiger partial charge in [-0.1, -0.05) is 42.5 Å². The molecule has 2 bridgehead atoms. The number of hydrogen-bond acceptors (Lipinski definition) is 3. The van der Waals surface area contributed by atoms with Gasteiger partial charge in [0, 0.05) is 29.8 Å². The highest BCUT2D eigenvalue weighted by atomic mass is 15.0. The van der Waals surface area contributed by atoms with Gasteiger partial charge in [-0.2, -0.15) is 10.5 Å². The molecule has 0 saturated carbocycles. The van der Waals surface area contributed by atoms with E-state index >= 15 is 0 Å². The monoisotopic (exact) mass is 315 g/mol. The molecular formula is C21H21N3. The lowest BCUT2D eigenvalue weighted by Crippen LogP contribution is -2.48. The normalized spacial score (nSPS) is 29.2. The summed E-state index contributed by atoms with van der Waals surface area (Å²) in [5.41, 5.74) is 2.35. The molecule has 5 atom stereocenters. The van der Waals surface area contributed by atoms with Gasteiger partial charge in [-0.15, -0.1) is 13.2 Å². The predicted octanol–water partition coefficient (Wildman–Crippen LogP) is 3.85. The smallest absolute Gasteiger partial charge is 0.129 e. The van der Waals surface area contributed by atoms with E-state index in [0.717, 1.165) is 18.4 Å². The molecule has 3 nitrogen and oxygen atoms in total. The summed E-state index contributed by atoms with van der Waals surface area (Å²) in [7, 11) is 0. The van der Waals surface area contributed by atoms with Crippen molar-refractivity contribution in [2.45, 2.75) is 30.8 Å². The number of nitrogens with zero attached hydrogens (tertiary/aromatic N) is 2. The van der Waals surface area contributed by atoms with Gasteiger partial charge in [-0.3, -0.25) is 0 Å². The number of nitriles is 2. The molecule has 0 spiro atoms. The summed E-state index contributed by atoms with van der Waals surface area (Å²) in [6, 6.07) is 15.0. The maximum absolute atomic E-state index is 9.52. The Balaban J connectivity index is 2.16. The second-order valence-electron chi connectivity index (χ2n) is 6.47. The Morgan fingerprint density at radius 2 is 1.79 bits per heavy atom. The summed E-state index contributed by atoms with van der Waals surface area (Å²) < 4.78 is 0. The first-order chi connectivity index (χ1) is 11.7. The molecule has 2 heterocycles. The third-order valence-electron chi connectivity index (χ3n) is 5.39. The number of benzene rings is 1. The van der Waals surface area contributed by atoms with Crippen LogP contribution in [-0.4, -0.2) is 12.1 Å². The first-order valence-electron chi connectivity index (χ1n) is 8.35. The minimum absolute atomic E-state index is 0.0224. The fraction of sp³-hybridized carbons (Fsp3) is 0.333. The Morgan fingerprint density at radius 1 is 1.12 bits per heavy atom. The van der Waals surface area contributed by atoms with E-state index in [0.29, 0.717) is 0 Å². The van der Waals surface area contributed by atoms with Gasteiger partial charge in [0.15, 0.2) is 0 Å². The van der Waals surface area contributed by atoms with Crippen LogP contribution < -0.4 is 5.32 Å². The highest BCUT2D eigenvalue weighted by molar-refractivity contribution is 5.48. The van der Waals surface area contributed by atoms with E-state index < -0.39 is 0 Å². The standard InChI is InChI=1S/C21H21N3/c1-3-16(14-8-6-5-7-9-14)21-19-11-10-18(24-19)17(4-2)20(21)15(12-22)13-23/h3-9,16-19,21,24H,1-2,10-11H2/t16?,17-,18?,19?,21+/m0/s1. The molecule has 24 heavy (non-hydrogen) atoms. The van der Waals surface area contributed by atoms with Crippen molar-refractivity contribution in [2.75, 3.05) is 0 Å². The lowest BCUT2D eigenvalue weighted by Gasteiger charge is -2.41. The first kappa shape index (κ1) is 16.2. The van der Waals surface area contributed by atoms with Crippen molar-refractivity contribution >= 4 is 0 Å². The van der Waals surface area contributed by atoms with E-state index in [9.17, 15) is 10.5 Å². The first-order valence-corrected chi connectivity index (χ1v) is 8.35. The number of fused-ring (bicyclic) bond motifs is 2. The average Bonchev–Trinajstić information content (AvgIpc) is 3.05. The van der Waals surface area contributed by atoms with E-state index in [4.69, 9.17) is 0 Å². The lowest BCUT2D eigenvalue weighted by atomic mass is 9.69. The molecule has 0 aromatic heterocycles. The van der Waals surface area contributed by atoms with Crippen LogP contribution in [0.2, 0.25) is 0 Å². The van der Waals surface area contributed by atoms with Crippen LogP contribution >= 0.6 is 0 Å². The van der Waals surface area contributed by atoms with Gasteiger partial charge < -0.3 is 5.32 Å². The number of allylic oxidation sites excluding steroid dienone is 2. The molecule has 120 valence electrons. The van der Waals surface area contributed by atoms with Crippen molar-refractivity contribution in [3.63, 3.8) is 0 Å². The van der Waals surface area contributed by atoms with Crippen LogP contribution in [0.15, 0.2) is 66.8 Å². The Morgan fingerprint density at radius 3 is 2.38 bits per heavy atom. The topological polar surface area (TPSA) is 59.6 Å². The molecule has 0 amide bonds. The largest absolute Gasteiger partial charge is 0.310 e. The molecule has 3 heteroatoms. The van der Waals surface area contributed by atoms with E-state index in [1.165, 1.54) is 5.56 Å². The molecule has 1 aromatic carbocycles. The molecule has 1 N–H and O–H groups in total. The van der Waals surface area contributed by atoms with Crippen molar-refractivity contribution in [1.29, 1.82) is 10.5 Å². The minimum Gasteiger partial charge on any atom is -0.310 e. The Bertz CT molecular complexity index is 732. The third kappa shape index (κ3) is 2.58. The summed E-state index contributed by atoms with van der Waals surface area (Å²) >= 11 is 0. The van der Waals surface area contributed by atoms with Crippen molar-refractivity contribution in [3.8, 4) is 12.1 Å². The zero-order chi connectivity index (χ0) is 17.1. The minimum atomic E-state index is 0.0224. The molecule has 3 unspecified atom stereocenters. The maximum Gasteiger partial charge on any atom is 0.129 e.